The maximum atomic E-state index is 5.97. The van der Waals surface area contributed by atoms with Crippen LogP contribution in [0.25, 0.3) is 0 Å². The van der Waals surface area contributed by atoms with E-state index in [0.29, 0.717) is 6.61 Å². The Hall–Kier alpha value is -1.59. The standard InChI is InChI=1S/C16H19BrN2O2/c1-3-18-9-13-5-4-6-15(20-2)16(13)21-11-12-7-14(17)10-19-8-12/h4-8,10,18H,3,9,11H2,1-2H3. The highest BCUT2D eigenvalue weighted by Gasteiger charge is 2.10. The lowest BCUT2D eigenvalue weighted by Gasteiger charge is -2.15. The molecule has 1 aromatic carbocycles. The summed E-state index contributed by atoms with van der Waals surface area (Å²) in [6.45, 7) is 4.19. The second kappa shape index (κ2) is 8.00. The molecule has 112 valence electrons. The third kappa shape index (κ3) is 4.44. The molecule has 2 aromatic rings. The summed E-state index contributed by atoms with van der Waals surface area (Å²) in [5.74, 6) is 1.52. The minimum absolute atomic E-state index is 0.450. The van der Waals surface area contributed by atoms with Gasteiger partial charge in [-0.3, -0.25) is 4.98 Å². The second-order valence-corrected chi connectivity index (χ2v) is 5.44. The number of hydrogen-bond donors (Lipinski definition) is 1. The first-order valence-corrected chi connectivity index (χ1v) is 7.62. The van der Waals surface area contributed by atoms with Crippen LogP contribution in [-0.4, -0.2) is 18.6 Å². The Morgan fingerprint density at radius 3 is 2.86 bits per heavy atom. The summed E-state index contributed by atoms with van der Waals surface area (Å²) in [6.07, 6.45) is 3.55. The molecular formula is C16H19BrN2O2. The van der Waals surface area contributed by atoms with E-state index >= 15 is 0 Å². The van der Waals surface area contributed by atoms with Crippen molar-refractivity contribution >= 4 is 15.9 Å². The van der Waals surface area contributed by atoms with E-state index in [9.17, 15) is 0 Å². The van der Waals surface area contributed by atoms with E-state index in [1.54, 1.807) is 19.5 Å². The fourth-order valence-corrected chi connectivity index (χ4v) is 2.39. The number of benzene rings is 1. The molecule has 0 amide bonds. The molecule has 0 fully saturated rings. The Labute approximate surface area is 133 Å². The molecule has 0 spiro atoms. The number of rotatable bonds is 7. The van der Waals surface area contributed by atoms with Gasteiger partial charge in [-0.25, -0.2) is 0 Å². The van der Waals surface area contributed by atoms with Crippen molar-refractivity contribution in [3.8, 4) is 11.5 Å². The molecule has 1 heterocycles. The summed E-state index contributed by atoms with van der Waals surface area (Å²) in [7, 11) is 1.65. The van der Waals surface area contributed by atoms with Crippen molar-refractivity contribution in [2.75, 3.05) is 13.7 Å². The molecule has 0 aliphatic rings. The number of para-hydroxylation sites is 1. The molecule has 4 nitrogen and oxygen atoms in total. The predicted octanol–water partition coefficient (Wildman–Crippen LogP) is 3.54. The average Bonchev–Trinajstić information content (AvgIpc) is 2.51. The maximum Gasteiger partial charge on any atom is 0.166 e. The zero-order valence-corrected chi connectivity index (χ0v) is 13.8. The van der Waals surface area contributed by atoms with Crippen molar-refractivity contribution in [2.45, 2.75) is 20.1 Å². The van der Waals surface area contributed by atoms with Gasteiger partial charge in [0.2, 0.25) is 0 Å². The summed E-state index contributed by atoms with van der Waals surface area (Å²) in [5.41, 5.74) is 2.09. The number of halogens is 1. The Morgan fingerprint density at radius 1 is 1.29 bits per heavy atom. The quantitative estimate of drug-likeness (QED) is 0.829. The fourth-order valence-electron chi connectivity index (χ4n) is 1.98. The molecule has 0 bridgehead atoms. The first-order valence-electron chi connectivity index (χ1n) is 6.83. The maximum absolute atomic E-state index is 5.97. The Morgan fingerprint density at radius 2 is 2.14 bits per heavy atom. The van der Waals surface area contributed by atoms with Gasteiger partial charge in [-0.15, -0.1) is 0 Å². The van der Waals surface area contributed by atoms with Crippen molar-refractivity contribution in [1.29, 1.82) is 0 Å². The lowest BCUT2D eigenvalue weighted by Crippen LogP contribution is -2.13. The SMILES string of the molecule is CCNCc1cccc(OC)c1OCc1cncc(Br)c1. The summed E-state index contributed by atoms with van der Waals surface area (Å²) < 4.78 is 12.3. The topological polar surface area (TPSA) is 43.4 Å². The highest BCUT2D eigenvalue weighted by Crippen LogP contribution is 2.31. The largest absolute Gasteiger partial charge is 0.493 e. The third-order valence-corrected chi connectivity index (χ3v) is 3.42. The van der Waals surface area contributed by atoms with E-state index in [1.807, 2.05) is 24.3 Å². The van der Waals surface area contributed by atoms with E-state index < -0.39 is 0 Å². The van der Waals surface area contributed by atoms with Crippen LogP contribution in [-0.2, 0) is 13.2 Å². The molecule has 0 unspecified atom stereocenters. The first kappa shape index (κ1) is 15.8. The number of aromatic nitrogens is 1. The molecule has 0 saturated heterocycles. The molecule has 1 aromatic heterocycles. The van der Waals surface area contributed by atoms with Crippen LogP contribution < -0.4 is 14.8 Å². The predicted molar refractivity (Wildman–Crippen MR) is 86.6 cm³/mol. The molecule has 1 N–H and O–H groups in total. The Bertz CT molecular complexity index is 590. The average molecular weight is 351 g/mol. The van der Waals surface area contributed by atoms with Gasteiger partial charge in [-0.2, -0.15) is 0 Å². The molecule has 5 heteroatoms. The highest BCUT2D eigenvalue weighted by atomic mass is 79.9. The number of methoxy groups -OCH3 is 1. The van der Waals surface area contributed by atoms with Gasteiger partial charge in [0.25, 0.3) is 0 Å². The molecule has 0 radical (unpaired) electrons. The van der Waals surface area contributed by atoms with E-state index in [1.165, 1.54) is 0 Å². The zero-order valence-electron chi connectivity index (χ0n) is 12.2. The summed E-state index contributed by atoms with van der Waals surface area (Å²) in [6, 6.07) is 7.91. The van der Waals surface area contributed by atoms with E-state index in [2.05, 4.69) is 33.2 Å². The van der Waals surface area contributed by atoms with Crippen LogP contribution >= 0.6 is 15.9 Å². The minimum Gasteiger partial charge on any atom is -0.493 e. The van der Waals surface area contributed by atoms with Crippen LogP contribution in [0.2, 0.25) is 0 Å². The molecule has 0 saturated carbocycles. The van der Waals surface area contributed by atoms with Crippen molar-refractivity contribution in [3.05, 3.63) is 52.3 Å². The number of ether oxygens (including phenoxy) is 2. The molecule has 2 rings (SSSR count). The van der Waals surface area contributed by atoms with Gasteiger partial charge in [0, 0.05) is 34.5 Å². The van der Waals surface area contributed by atoms with Crippen LogP contribution in [0.5, 0.6) is 11.5 Å². The molecule has 21 heavy (non-hydrogen) atoms. The van der Waals surface area contributed by atoms with E-state index in [0.717, 1.165) is 40.2 Å². The summed E-state index contributed by atoms with van der Waals surface area (Å²) in [4.78, 5) is 4.14. The van der Waals surface area contributed by atoms with Crippen molar-refractivity contribution in [1.82, 2.24) is 10.3 Å². The third-order valence-electron chi connectivity index (χ3n) is 2.99. The molecular weight excluding hydrogens is 332 g/mol. The molecule has 0 aliphatic carbocycles. The monoisotopic (exact) mass is 350 g/mol. The van der Waals surface area contributed by atoms with E-state index in [4.69, 9.17) is 9.47 Å². The van der Waals surface area contributed by atoms with Gasteiger partial charge in [0.15, 0.2) is 11.5 Å². The zero-order chi connectivity index (χ0) is 15.1. The van der Waals surface area contributed by atoms with Crippen LogP contribution in [0.3, 0.4) is 0 Å². The lowest BCUT2D eigenvalue weighted by molar-refractivity contribution is 0.280. The number of nitrogens with one attached hydrogen (secondary N) is 1. The Balaban J connectivity index is 2.16. The van der Waals surface area contributed by atoms with Crippen molar-refractivity contribution < 1.29 is 9.47 Å². The van der Waals surface area contributed by atoms with Gasteiger partial charge < -0.3 is 14.8 Å². The first-order chi connectivity index (χ1) is 10.2. The van der Waals surface area contributed by atoms with Crippen LogP contribution in [0.1, 0.15) is 18.1 Å². The molecule has 0 atom stereocenters. The minimum atomic E-state index is 0.450. The summed E-state index contributed by atoms with van der Waals surface area (Å²) in [5, 5.41) is 3.31. The summed E-state index contributed by atoms with van der Waals surface area (Å²) >= 11 is 3.41. The van der Waals surface area contributed by atoms with Crippen LogP contribution in [0.15, 0.2) is 41.1 Å². The fraction of sp³-hybridized carbons (Fsp3) is 0.312. The van der Waals surface area contributed by atoms with Crippen LogP contribution in [0.4, 0.5) is 0 Å². The molecule has 0 aliphatic heterocycles. The number of nitrogens with zero attached hydrogens (tertiary/aromatic N) is 1. The van der Waals surface area contributed by atoms with Gasteiger partial charge in [-0.1, -0.05) is 19.1 Å². The highest BCUT2D eigenvalue weighted by molar-refractivity contribution is 9.10. The van der Waals surface area contributed by atoms with Gasteiger partial charge in [0.1, 0.15) is 6.61 Å². The van der Waals surface area contributed by atoms with Gasteiger partial charge in [-0.05, 0) is 34.6 Å². The smallest absolute Gasteiger partial charge is 0.166 e. The Kier molecular flexibility index (Phi) is 6.02. The van der Waals surface area contributed by atoms with E-state index in [-0.39, 0.29) is 0 Å². The van der Waals surface area contributed by atoms with Crippen molar-refractivity contribution in [3.63, 3.8) is 0 Å². The van der Waals surface area contributed by atoms with Gasteiger partial charge in [0.05, 0.1) is 7.11 Å². The number of hydrogen-bond acceptors (Lipinski definition) is 4. The second-order valence-electron chi connectivity index (χ2n) is 4.53. The van der Waals surface area contributed by atoms with Crippen LogP contribution in [0, 0.1) is 0 Å². The lowest BCUT2D eigenvalue weighted by atomic mass is 10.2. The normalized spacial score (nSPS) is 10.4. The van der Waals surface area contributed by atoms with Gasteiger partial charge >= 0.3 is 0 Å². The number of pyridine rings is 1. The van der Waals surface area contributed by atoms with Crippen molar-refractivity contribution in [2.24, 2.45) is 0 Å².